The Kier molecular flexibility index (Phi) is 9.36. The molecule has 0 saturated carbocycles. The molecule has 0 heterocycles. The van der Waals surface area contributed by atoms with E-state index in [1.165, 1.54) is 6.92 Å². The molecule has 0 fully saturated rings. The Balaban J connectivity index is 3.21. The van der Waals surface area contributed by atoms with E-state index in [1.807, 2.05) is 0 Å². The Morgan fingerprint density at radius 2 is 1.88 bits per heavy atom. The summed E-state index contributed by atoms with van der Waals surface area (Å²) in [7, 11) is 0. The molecule has 0 aliphatic heterocycles. The second-order valence-electron chi connectivity index (χ2n) is 3.72. The minimum atomic E-state index is 0.00201. The van der Waals surface area contributed by atoms with E-state index in [0.29, 0.717) is 19.5 Å². The van der Waals surface area contributed by atoms with Gasteiger partial charge >= 0.3 is 0 Å². The molecule has 0 aromatic heterocycles. The fraction of sp³-hybridized carbons (Fsp3) is 0.667. The van der Waals surface area contributed by atoms with Gasteiger partial charge in [0.05, 0.1) is 0 Å². The van der Waals surface area contributed by atoms with Gasteiger partial charge in [-0.05, 0) is 19.3 Å². The van der Waals surface area contributed by atoms with Crippen molar-refractivity contribution in [2.75, 3.05) is 13.1 Å². The lowest BCUT2D eigenvalue weighted by Crippen LogP contribution is -2.24. The fourth-order valence-electron chi connectivity index (χ4n) is 1.25. The van der Waals surface area contributed by atoms with Crippen molar-refractivity contribution >= 4 is 11.8 Å². The first-order chi connectivity index (χ1) is 7.66. The summed E-state index contributed by atoms with van der Waals surface area (Å²) < 4.78 is 0. The Bertz CT molecular complexity index is 227. The minimum Gasteiger partial charge on any atom is -0.356 e. The van der Waals surface area contributed by atoms with E-state index in [-0.39, 0.29) is 11.8 Å². The van der Waals surface area contributed by atoms with Gasteiger partial charge in [-0.25, -0.2) is 0 Å². The van der Waals surface area contributed by atoms with Gasteiger partial charge < -0.3 is 10.6 Å². The number of rotatable bonds is 9. The smallest absolute Gasteiger partial charge is 0.220 e. The van der Waals surface area contributed by atoms with Gasteiger partial charge in [-0.2, -0.15) is 0 Å². The summed E-state index contributed by atoms with van der Waals surface area (Å²) in [5.41, 5.74) is 0. The van der Waals surface area contributed by atoms with Crippen molar-refractivity contribution in [2.45, 2.75) is 39.0 Å². The van der Waals surface area contributed by atoms with Gasteiger partial charge in [0.1, 0.15) is 0 Å². The fourth-order valence-corrected chi connectivity index (χ4v) is 1.25. The van der Waals surface area contributed by atoms with Crippen LogP contribution in [-0.4, -0.2) is 24.9 Å². The maximum absolute atomic E-state index is 11.2. The highest BCUT2D eigenvalue weighted by molar-refractivity contribution is 5.75. The normalized spacial score (nSPS) is 9.56. The molecule has 2 amide bonds. The van der Waals surface area contributed by atoms with Gasteiger partial charge in [0, 0.05) is 26.4 Å². The molecular formula is C12H22N2O2. The molecule has 92 valence electrons. The van der Waals surface area contributed by atoms with Crippen LogP contribution in [0, 0.1) is 0 Å². The molecule has 0 aromatic rings. The lowest BCUT2D eigenvalue weighted by atomic mass is 10.2. The maximum atomic E-state index is 11.2. The molecule has 2 N–H and O–H groups in total. The monoisotopic (exact) mass is 226 g/mol. The van der Waals surface area contributed by atoms with Gasteiger partial charge in [0.25, 0.3) is 0 Å². The Labute approximate surface area is 97.5 Å². The Morgan fingerprint density at radius 3 is 2.50 bits per heavy atom. The van der Waals surface area contributed by atoms with Gasteiger partial charge in [0.15, 0.2) is 0 Å². The van der Waals surface area contributed by atoms with Crippen LogP contribution in [0.1, 0.15) is 39.0 Å². The average Bonchev–Trinajstić information content (AvgIpc) is 2.23. The summed E-state index contributed by atoms with van der Waals surface area (Å²) in [4.78, 5) is 21.8. The number of carbonyl (C=O) groups is 2. The molecular weight excluding hydrogens is 204 g/mol. The molecule has 0 bridgehead atoms. The van der Waals surface area contributed by atoms with Crippen LogP contribution in [0.4, 0.5) is 0 Å². The first-order valence-electron chi connectivity index (χ1n) is 5.79. The summed E-state index contributed by atoms with van der Waals surface area (Å²) in [5, 5.41) is 5.54. The zero-order valence-corrected chi connectivity index (χ0v) is 10.1. The predicted molar refractivity (Wildman–Crippen MR) is 65.0 cm³/mol. The first-order valence-corrected chi connectivity index (χ1v) is 5.79. The molecule has 4 nitrogen and oxygen atoms in total. The molecule has 0 saturated heterocycles. The highest BCUT2D eigenvalue weighted by atomic mass is 16.2. The molecule has 0 aliphatic carbocycles. The van der Waals surface area contributed by atoms with Crippen molar-refractivity contribution in [3.63, 3.8) is 0 Å². The highest BCUT2D eigenvalue weighted by Crippen LogP contribution is 1.98. The van der Waals surface area contributed by atoms with Crippen LogP contribution in [0.3, 0.4) is 0 Å². The highest BCUT2D eigenvalue weighted by Gasteiger charge is 1.99. The predicted octanol–water partition coefficient (Wildman–Crippen LogP) is 1.38. The summed E-state index contributed by atoms with van der Waals surface area (Å²) in [6, 6.07) is 0. The van der Waals surface area contributed by atoms with Crippen LogP contribution < -0.4 is 10.6 Å². The van der Waals surface area contributed by atoms with E-state index in [9.17, 15) is 9.59 Å². The van der Waals surface area contributed by atoms with Gasteiger partial charge in [-0.15, -0.1) is 6.58 Å². The molecule has 16 heavy (non-hydrogen) atoms. The lowest BCUT2D eigenvalue weighted by Gasteiger charge is -2.04. The van der Waals surface area contributed by atoms with E-state index >= 15 is 0 Å². The third kappa shape index (κ3) is 10.8. The quantitative estimate of drug-likeness (QED) is 0.461. The van der Waals surface area contributed by atoms with Gasteiger partial charge in [0.2, 0.25) is 11.8 Å². The van der Waals surface area contributed by atoms with Crippen molar-refractivity contribution in [1.82, 2.24) is 10.6 Å². The number of unbranched alkanes of at least 4 members (excludes halogenated alkanes) is 2. The molecule has 0 radical (unpaired) electrons. The van der Waals surface area contributed by atoms with Crippen LogP contribution >= 0.6 is 0 Å². The van der Waals surface area contributed by atoms with E-state index in [2.05, 4.69) is 17.2 Å². The molecule has 0 rings (SSSR count). The van der Waals surface area contributed by atoms with Crippen molar-refractivity contribution in [3.05, 3.63) is 12.7 Å². The minimum absolute atomic E-state index is 0.00201. The molecule has 0 aliphatic rings. The van der Waals surface area contributed by atoms with Crippen molar-refractivity contribution in [2.24, 2.45) is 0 Å². The standard InChI is InChI=1S/C12H22N2O2/c1-3-4-9-14-12(16)8-6-5-7-10-13-11(2)15/h3H,1,4-10H2,2H3,(H,13,15)(H,14,16). The van der Waals surface area contributed by atoms with Crippen molar-refractivity contribution in [3.8, 4) is 0 Å². The SMILES string of the molecule is C=CCCNC(=O)CCCCCNC(C)=O. The third-order valence-electron chi connectivity index (χ3n) is 2.13. The third-order valence-corrected chi connectivity index (χ3v) is 2.13. The van der Waals surface area contributed by atoms with E-state index in [1.54, 1.807) is 6.08 Å². The number of hydrogen-bond acceptors (Lipinski definition) is 2. The molecule has 4 heteroatoms. The molecule has 0 unspecified atom stereocenters. The molecule has 0 spiro atoms. The lowest BCUT2D eigenvalue weighted by molar-refractivity contribution is -0.121. The summed E-state index contributed by atoms with van der Waals surface area (Å²) in [6.45, 7) is 6.47. The average molecular weight is 226 g/mol. The summed E-state index contributed by atoms with van der Waals surface area (Å²) >= 11 is 0. The van der Waals surface area contributed by atoms with Crippen molar-refractivity contribution in [1.29, 1.82) is 0 Å². The van der Waals surface area contributed by atoms with E-state index in [4.69, 9.17) is 0 Å². The number of hydrogen-bond donors (Lipinski definition) is 2. The zero-order valence-electron chi connectivity index (χ0n) is 10.1. The van der Waals surface area contributed by atoms with Crippen LogP contribution in [0.5, 0.6) is 0 Å². The maximum Gasteiger partial charge on any atom is 0.220 e. The van der Waals surface area contributed by atoms with Crippen molar-refractivity contribution < 1.29 is 9.59 Å². The van der Waals surface area contributed by atoms with E-state index in [0.717, 1.165) is 25.7 Å². The zero-order chi connectivity index (χ0) is 12.2. The number of amides is 2. The van der Waals surface area contributed by atoms with Crippen LogP contribution in [0.2, 0.25) is 0 Å². The second kappa shape index (κ2) is 10.2. The van der Waals surface area contributed by atoms with Crippen LogP contribution in [0.15, 0.2) is 12.7 Å². The van der Waals surface area contributed by atoms with E-state index < -0.39 is 0 Å². The van der Waals surface area contributed by atoms with Crippen LogP contribution in [-0.2, 0) is 9.59 Å². The summed E-state index contributed by atoms with van der Waals surface area (Å²) in [5.74, 6) is 0.101. The number of nitrogens with one attached hydrogen (secondary N) is 2. The Hall–Kier alpha value is -1.32. The topological polar surface area (TPSA) is 58.2 Å². The first kappa shape index (κ1) is 14.7. The van der Waals surface area contributed by atoms with Crippen LogP contribution in [0.25, 0.3) is 0 Å². The molecule has 0 atom stereocenters. The van der Waals surface area contributed by atoms with Gasteiger partial charge in [-0.1, -0.05) is 12.5 Å². The Morgan fingerprint density at radius 1 is 1.12 bits per heavy atom. The van der Waals surface area contributed by atoms with Gasteiger partial charge in [-0.3, -0.25) is 9.59 Å². The second-order valence-corrected chi connectivity index (χ2v) is 3.72. The summed E-state index contributed by atoms with van der Waals surface area (Å²) in [6.07, 6.45) is 5.94. The largest absolute Gasteiger partial charge is 0.356 e. The number of carbonyl (C=O) groups excluding carboxylic acids is 2. The molecule has 0 aromatic carbocycles.